The van der Waals surface area contributed by atoms with Gasteiger partial charge >= 0.3 is 0 Å². The maximum Gasteiger partial charge on any atom is 0.228 e. The maximum absolute atomic E-state index is 11.3. The third-order valence-corrected chi connectivity index (χ3v) is 3.56. The van der Waals surface area contributed by atoms with E-state index in [1.165, 1.54) is 5.57 Å². The van der Waals surface area contributed by atoms with Crippen molar-refractivity contribution in [2.45, 2.75) is 38.3 Å². The minimum atomic E-state index is -0.608. The van der Waals surface area contributed by atoms with E-state index in [4.69, 9.17) is 0 Å². The molecule has 0 aromatic rings. The van der Waals surface area contributed by atoms with Crippen molar-refractivity contribution in [3.05, 3.63) is 11.6 Å². The highest BCUT2D eigenvalue weighted by Gasteiger charge is 2.44. The molecule has 4 heteroatoms. The fourth-order valence-corrected chi connectivity index (χ4v) is 2.50. The fourth-order valence-electron chi connectivity index (χ4n) is 2.50. The van der Waals surface area contributed by atoms with Gasteiger partial charge in [0, 0.05) is 5.92 Å². The van der Waals surface area contributed by atoms with E-state index in [1.54, 1.807) is 6.92 Å². The number of aliphatic hydroxyl groups excluding tert-OH is 1. The smallest absolute Gasteiger partial charge is 0.228 e. The molecule has 0 bridgehead atoms. The van der Waals surface area contributed by atoms with Crippen molar-refractivity contribution in [1.29, 1.82) is 0 Å². The van der Waals surface area contributed by atoms with E-state index in [9.17, 15) is 14.7 Å². The third-order valence-electron chi connectivity index (χ3n) is 3.56. The monoisotopic (exact) mass is 223 g/mol. The van der Waals surface area contributed by atoms with Gasteiger partial charge in [0.25, 0.3) is 0 Å². The zero-order valence-corrected chi connectivity index (χ0v) is 9.35. The molecule has 1 aliphatic carbocycles. The van der Waals surface area contributed by atoms with Crippen LogP contribution in [0, 0.1) is 11.8 Å². The summed E-state index contributed by atoms with van der Waals surface area (Å²) in [4.78, 5) is 21.9. The van der Waals surface area contributed by atoms with Crippen molar-refractivity contribution in [1.82, 2.24) is 5.32 Å². The number of aldehydes is 1. The molecule has 1 saturated heterocycles. The number of amides is 1. The standard InChI is InChI=1S/C12H17NO3/c1-7(15)10-11(13-12(10)16)9-4-2-8(6-14)3-5-9/h4,6-8,10-11,15H,2-3,5H2,1H3,(H,13,16)/t7-,8?,10-,11-/m1/s1. The van der Waals surface area contributed by atoms with E-state index < -0.39 is 6.10 Å². The van der Waals surface area contributed by atoms with Crippen LogP contribution in [0.15, 0.2) is 11.6 Å². The van der Waals surface area contributed by atoms with Crippen LogP contribution in [-0.2, 0) is 9.59 Å². The van der Waals surface area contributed by atoms with Gasteiger partial charge in [-0.25, -0.2) is 0 Å². The van der Waals surface area contributed by atoms with Crippen molar-refractivity contribution in [2.24, 2.45) is 11.8 Å². The molecule has 4 nitrogen and oxygen atoms in total. The number of β-lactam (4-membered cyclic amide) rings is 1. The maximum atomic E-state index is 11.3. The van der Waals surface area contributed by atoms with Crippen LogP contribution in [-0.4, -0.2) is 29.4 Å². The Labute approximate surface area is 94.7 Å². The summed E-state index contributed by atoms with van der Waals surface area (Å²) in [5.74, 6) is -0.248. The molecular formula is C12H17NO3. The van der Waals surface area contributed by atoms with Gasteiger partial charge in [-0.1, -0.05) is 11.6 Å². The van der Waals surface area contributed by atoms with Crippen LogP contribution >= 0.6 is 0 Å². The van der Waals surface area contributed by atoms with Crippen molar-refractivity contribution in [3.8, 4) is 0 Å². The Morgan fingerprint density at radius 1 is 1.62 bits per heavy atom. The van der Waals surface area contributed by atoms with Crippen LogP contribution in [0.2, 0.25) is 0 Å². The van der Waals surface area contributed by atoms with Gasteiger partial charge in [-0.15, -0.1) is 0 Å². The minimum Gasteiger partial charge on any atom is -0.392 e. The first-order valence-corrected chi connectivity index (χ1v) is 5.76. The molecule has 1 amide bonds. The Morgan fingerprint density at radius 3 is 2.81 bits per heavy atom. The number of rotatable bonds is 3. The molecule has 2 rings (SSSR count). The topological polar surface area (TPSA) is 66.4 Å². The molecule has 2 N–H and O–H groups in total. The lowest BCUT2D eigenvalue weighted by molar-refractivity contribution is -0.139. The molecule has 1 aliphatic heterocycles. The lowest BCUT2D eigenvalue weighted by Crippen LogP contribution is -2.62. The molecule has 88 valence electrons. The summed E-state index contributed by atoms with van der Waals surface area (Å²) in [6.07, 6.45) is 4.90. The van der Waals surface area contributed by atoms with Crippen molar-refractivity contribution in [2.75, 3.05) is 0 Å². The summed E-state index contributed by atoms with van der Waals surface area (Å²) in [6, 6.07) is -0.0138. The largest absolute Gasteiger partial charge is 0.392 e. The summed E-state index contributed by atoms with van der Waals surface area (Å²) in [5, 5.41) is 12.3. The number of carbonyl (C=O) groups excluding carboxylic acids is 2. The molecular weight excluding hydrogens is 206 g/mol. The first-order chi connectivity index (χ1) is 7.63. The summed E-state index contributed by atoms with van der Waals surface area (Å²) in [5.41, 5.74) is 1.17. The highest BCUT2D eigenvalue weighted by Crippen LogP contribution is 2.32. The van der Waals surface area contributed by atoms with Crippen LogP contribution in [0.25, 0.3) is 0 Å². The second-order valence-electron chi connectivity index (χ2n) is 4.70. The van der Waals surface area contributed by atoms with Gasteiger partial charge in [-0.05, 0) is 26.2 Å². The quantitative estimate of drug-likeness (QED) is 0.413. The van der Waals surface area contributed by atoms with Crippen LogP contribution in [0.1, 0.15) is 26.2 Å². The minimum absolute atomic E-state index is 0.0138. The van der Waals surface area contributed by atoms with Crippen LogP contribution < -0.4 is 5.32 Å². The number of aliphatic hydroxyl groups is 1. The van der Waals surface area contributed by atoms with Gasteiger partial charge in [-0.2, -0.15) is 0 Å². The number of hydrogen-bond acceptors (Lipinski definition) is 3. The van der Waals surface area contributed by atoms with Gasteiger partial charge in [-0.3, -0.25) is 4.79 Å². The second kappa shape index (κ2) is 4.37. The summed E-state index contributed by atoms with van der Waals surface area (Å²) < 4.78 is 0. The summed E-state index contributed by atoms with van der Waals surface area (Å²) in [7, 11) is 0. The molecule has 0 spiro atoms. The molecule has 0 radical (unpaired) electrons. The number of carbonyl (C=O) groups is 2. The Kier molecular flexibility index (Phi) is 3.10. The summed E-state index contributed by atoms with van der Waals surface area (Å²) in [6.45, 7) is 1.65. The normalized spacial score (nSPS) is 35.8. The van der Waals surface area contributed by atoms with E-state index in [0.717, 1.165) is 25.5 Å². The Morgan fingerprint density at radius 2 is 2.38 bits per heavy atom. The average Bonchev–Trinajstić information content (AvgIpc) is 2.25. The van der Waals surface area contributed by atoms with E-state index in [2.05, 4.69) is 5.32 Å². The van der Waals surface area contributed by atoms with E-state index in [-0.39, 0.29) is 23.8 Å². The van der Waals surface area contributed by atoms with Gasteiger partial charge < -0.3 is 15.2 Å². The molecule has 0 aromatic heterocycles. The Hall–Kier alpha value is -1.16. The first kappa shape index (κ1) is 11.3. The zero-order valence-electron chi connectivity index (χ0n) is 9.35. The SMILES string of the molecule is C[C@@H](O)[C@H]1C(=O)N[C@@H]1C1=CCC(C=O)CC1. The lowest BCUT2D eigenvalue weighted by atomic mass is 9.76. The molecule has 2 aliphatic rings. The highest BCUT2D eigenvalue weighted by atomic mass is 16.3. The molecule has 1 unspecified atom stereocenters. The van der Waals surface area contributed by atoms with E-state index in [0.29, 0.717) is 0 Å². The fraction of sp³-hybridized carbons (Fsp3) is 0.667. The zero-order chi connectivity index (χ0) is 11.7. The molecule has 4 atom stereocenters. The highest BCUT2D eigenvalue weighted by molar-refractivity contribution is 5.87. The molecule has 16 heavy (non-hydrogen) atoms. The average molecular weight is 223 g/mol. The van der Waals surface area contributed by atoms with Crippen LogP contribution in [0.4, 0.5) is 0 Å². The number of allylic oxidation sites excluding steroid dienone is 1. The molecule has 1 fully saturated rings. The molecule has 0 saturated carbocycles. The Balaban J connectivity index is 2.02. The number of nitrogens with one attached hydrogen (secondary N) is 1. The van der Waals surface area contributed by atoms with Gasteiger partial charge in [0.05, 0.1) is 18.1 Å². The third kappa shape index (κ3) is 1.89. The van der Waals surface area contributed by atoms with Crippen LogP contribution in [0.3, 0.4) is 0 Å². The predicted octanol–water partition coefficient (Wildman–Crippen LogP) is 0.407. The Bertz CT molecular complexity index is 335. The van der Waals surface area contributed by atoms with E-state index >= 15 is 0 Å². The van der Waals surface area contributed by atoms with Gasteiger partial charge in [0.2, 0.25) is 5.91 Å². The predicted molar refractivity (Wildman–Crippen MR) is 58.6 cm³/mol. The van der Waals surface area contributed by atoms with Crippen LogP contribution in [0.5, 0.6) is 0 Å². The van der Waals surface area contributed by atoms with Crippen molar-refractivity contribution < 1.29 is 14.7 Å². The van der Waals surface area contributed by atoms with Crippen molar-refractivity contribution in [3.63, 3.8) is 0 Å². The lowest BCUT2D eigenvalue weighted by Gasteiger charge is -2.41. The van der Waals surface area contributed by atoms with Gasteiger partial charge in [0.15, 0.2) is 0 Å². The second-order valence-corrected chi connectivity index (χ2v) is 4.70. The van der Waals surface area contributed by atoms with Crippen molar-refractivity contribution >= 4 is 12.2 Å². The number of hydrogen-bond donors (Lipinski definition) is 2. The molecule has 1 heterocycles. The van der Waals surface area contributed by atoms with E-state index in [1.807, 2.05) is 6.08 Å². The first-order valence-electron chi connectivity index (χ1n) is 5.76. The summed E-state index contributed by atoms with van der Waals surface area (Å²) >= 11 is 0. The van der Waals surface area contributed by atoms with Gasteiger partial charge in [0.1, 0.15) is 6.29 Å². The molecule has 0 aromatic carbocycles.